The van der Waals surface area contributed by atoms with Crippen LogP contribution < -0.4 is 4.18 Å². The fraction of sp³-hybridized carbons (Fsp3) is 0.571. The van der Waals surface area contributed by atoms with Crippen molar-refractivity contribution < 1.29 is 51.9 Å². The van der Waals surface area contributed by atoms with Crippen LogP contribution in [0.15, 0.2) is 24.3 Å². The van der Waals surface area contributed by atoms with E-state index in [1.807, 2.05) is 6.92 Å². The molecule has 0 unspecified atom stereocenters. The third-order valence-electron chi connectivity index (χ3n) is 4.09. The Hall–Kier alpha value is -1.54. The molecule has 0 saturated carbocycles. The van der Waals surface area contributed by atoms with E-state index >= 15 is 0 Å². The molecule has 6 nitrogen and oxygen atoms in total. The minimum atomic E-state index is -7.08. The first-order valence-electron chi connectivity index (χ1n) is 7.39. The highest BCUT2D eigenvalue weighted by molar-refractivity contribution is 7.88. The molecule has 0 amide bonds. The second kappa shape index (κ2) is 7.06. The smallest absolute Gasteiger partial charge is 0.378 e. The van der Waals surface area contributed by atoms with Gasteiger partial charge in [0.25, 0.3) is 0 Å². The molecular formula is C14H16F6O6S2. The first-order valence-corrected chi connectivity index (χ1v) is 10.2. The summed E-state index contributed by atoms with van der Waals surface area (Å²) >= 11 is 0. The van der Waals surface area contributed by atoms with Crippen LogP contribution in [0.4, 0.5) is 26.3 Å². The Balaban J connectivity index is 3.32. The Morgan fingerprint density at radius 3 is 1.68 bits per heavy atom. The van der Waals surface area contributed by atoms with Crippen LogP contribution in [-0.4, -0.2) is 37.8 Å². The molecule has 14 heteroatoms. The Bertz CT molecular complexity index is 924. The van der Waals surface area contributed by atoms with E-state index in [2.05, 4.69) is 4.18 Å². The number of halogens is 6. The topological polar surface area (TPSA) is 97.7 Å². The van der Waals surface area contributed by atoms with E-state index in [-0.39, 0.29) is 0 Å². The maximum absolute atomic E-state index is 13.7. The van der Waals surface area contributed by atoms with Crippen LogP contribution >= 0.6 is 0 Å². The van der Waals surface area contributed by atoms with Gasteiger partial charge in [-0.2, -0.15) is 43.2 Å². The largest absolute Gasteiger partial charge is 0.450 e. The summed E-state index contributed by atoms with van der Waals surface area (Å²) < 4.78 is 136. The number of hydrogen-bond donors (Lipinski definition) is 1. The lowest BCUT2D eigenvalue weighted by atomic mass is 9.82. The highest BCUT2D eigenvalue weighted by Gasteiger charge is 2.83. The van der Waals surface area contributed by atoms with Crippen LogP contribution in [0.3, 0.4) is 0 Å². The van der Waals surface area contributed by atoms with Crippen LogP contribution in [0.25, 0.3) is 0 Å². The minimum absolute atomic E-state index is 0.411. The summed E-state index contributed by atoms with van der Waals surface area (Å²) in [4.78, 5) is 0. The number of hydrogen-bond acceptors (Lipinski definition) is 5. The molecule has 0 spiro atoms. The van der Waals surface area contributed by atoms with Crippen molar-refractivity contribution in [3.8, 4) is 5.75 Å². The molecule has 1 N–H and O–H groups in total. The molecule has 28 heavy (non-hydrogen) atoms. The van der Waals surface area contributed by atoms with Gasteiger partial charge in [-0.25, -0.2) is 0 Å². The fourth-order valence-electron chi connectivity index (χ4n) is 1.83. The Kier molecular flexibility index (Phi) is 6.17. The quantitative estimate of drug-likeness (QED) is 0.362. The van der Waals surface area contributed by atoms with Gasteiger partial charge in [-0.15, -0.1) is 0 Å². The SMILES string of the molecule is CCC(C)(C)c1ccc(OS(=O)(=O)C(F)(F)C(F)(F)C(F)(F)S(=O)(=O)O)cc1. The molecule has 1 aromatic carbocycles. The van der Waals surface area contributed by atoms with Crippen molar-refractivity contribution in [2.45, 2.75) is 49.0 Å². The van der Waals surface area contributed by atoms with E-state index in [0.717, 1.165) is 12.1 Å². The zero-order chi connectivity index (χ0) is 22.4. The third kappa shape index (κ3) is 3.94. The second-order valence-corrected chi connectivity index (χ2v) is 9.43. The lowest BCUT2D eigenvalue weighted by Crippen LogP contribution is -2.61. The van der Waals surface area contributed by atoms with Crippen molar-refractivity contribution in [2.24, 2.45) is 0 Å². The van der Waals surface area contributed by atoms with E-state index in [9.17, 15) is 43.2 Å². The third-order valence-corrected chi connectivity index (χ3v) is 6.30. The Morgan fingerprint density at radius 2 is 1.32 bits per heavy atom. The highest BCUT2D eigenvalue weighted by Crippen LogP contribution is 2.50. The molecule has 0 bridgehead atoms. The van der Waals surface area contributed by atoms with Crippen molar-refractivity contribution in [3.05, 3.63) is 29.8 Å². The molecule has 0 aliphatic carbocycles. The molecule has 162 valence electrons. The summed E-state index contributed by atoms with van der Waals surface area (Å²) in [6.45, 7) is 5.42. The normalized spacial score (nSPS) is 14.8. The maximum atomic E-state index is 13.7. The van der Waals surface area contributed by atoms with Crippen molar-refractivity contribution in [2.75, 3.05) is 0 Å². The van der Waals surface area contributed by atoms with E-state index in [0.29, 0.717) is 12.0 Å². The molecule has 0 fully saturated rings. The average Bonchev–Trinajstić information content (AvgIpc) is 2.53. The lowest BCUT2D eigenvalue weighted by molar-refractivity contribution is -0.247. The predicted molar refractivity (Wildman–Crippen MR) is 85.7 cm³/mol. The number of benzene rings is 1. The molecule has 0 aromatic heterocycles. The van der Waals surface area contributed by atoms with E-state index in [4.69, 9.17) is 4.55 Å². The first-order chi connectivity index (χ1) is 12.2. The van der Waals surface area contributed by atoms with Gasteiger partial charge in [0.05, 0.1) is 0 Å². The van der Waals surface area contributed by atoms with Gasteiger partial charge in [-0.05, 0) is 29.5 Å². The van der Waals surface area contributed by atoms with Crippen LogP contribution in [0, 0.1) is 0 Å². The molecule has 0 aliphatic heterocycles. The average molecular weight is 458 g/mol. The standard InChI is InChI=1S/C14H16F6O6S2/c1-4-11(2,3)9-5-7-10(8-6-9)26-28(24,25)14(19,20)12(15,16)13(17,18)27(21,22)23/h5-8H,4H2,1-3H3,(H,21,22,23). The van der Waals surface area contributed by atoms with Gasteiger partial charge in [0.2, 0.25) is 0 Å². The van der Waals surface area contributed by atoms with Gasteiger partial charge in [0, 0.05) is 0 Å². The summed E-state index contributed by atoms with van der Waals surface area (Å²) in [7, 11) is -13.9. The van der Waals surface area contributed by atoms with Gasteiger partial charge in [0.1, 0.15) is 5.75 Å². The monoisotopic (exact) mass is 458 g/mol. The second-order valence-electron chi connectivity index (χ2n) is 6.38. The zero-order valence-corrected chi connectivity index (χ0v) is 16.2. The molecule has 0 aliphatic rings. The summed E-state index contributed by atoms with van der Waals surface area (Å²) in [6.07, 6.45) is 0.626. The fourth-order valence-corrected chi connectivity index (χ4v) is 3.26. The van der Waals surface area contributed by atoms with Crippen LogP contribution in [0.2, 0.25) is 0 Å². The number of alkyl halides is 6. The molecule has 0 atom stereocenters. The van der Waals surface area contributed by atoms with E-state index in [1.54, 1.807) is 13.8 Å². The highest BCUT2D eigenvalue weighted by atomic mass is 32.2. The number of rotatable bonds is 8. The van der Waals surface area contributed by atoms with E-state index < -0.39 is 47.8 Å². The summed E-state index contributed by atoms with van der Waals surface area (Å²) in [5.41, 5.74) is 0.195. The lowest BCUT2D eigenvalue weighted by Gasteiger charge is -2.29. The van der Waals surface area contributed by atoms with Gasteiger partial charge in [-0.1, -0.05) is 32.9 Å². The van der Waals surface area contributed by atoms with Gasteiger partial charge >= 0.3 is 36.7 Å². The molecule has 0 saturated heterocycles. The van der Waals surface area contributed by atoms with Crippen LogP contribution in [-0.2, 0) is 25.7 Å². The summed E-state index contributed by atoms with van der Waals surface area (Å²) in [6, 6.07) is 4.16. The summed E-state index contributed by atoms with van der Waals surface area (Å²) in [5.74, 6) is -7.95. The van der Waals surface area contributed by atoms with Crippen LogP contribution in [0.1, 0.15) is 32.8 Å². The van der Waals surface area contributed by atoms with Gasteiger partial charge < -0.3 is 4.18 Å². The van der Waals surface area contributed by atoms with Crippen molar-refractivity contribution in [3.63, 3.8) is 0 Å². The molecule has 0 heterocycles. The first kappa shape index (κ1) is 24.5. The van der Waals surface area contributed by atoms with Crippen molar-refractivity contribution in [1.82, 2.24) is 0 Å². The summed E-state index contributed by atoms with van der Waals surface area (Å²) in [5, 5.41) is -13.5. The zero-order valence-electron chi connectivity index (χ0n) is 14.6. The van der Waals surface area contributed by atoms with Crippen molar-refractivity contribution in [1.29, 1.82) is 0 Å². The van der Waals surface area contributed by atoms with Crippen LogP contribution in [0.5, 0.6) is 5.75 Å². The molecular weight excluding hydrogens is 442 g/mol. The molecule has 0 radical (unpaired) electrons. The Labute approximate surface area is 157 Å². The van der Waals surface area contributed by atoms with Gasteiger partial charge in [-0.3, -0.25) is 4.55 Å². The predicted octanol–water partition coefficient (Wildman–Crippen LogP) is 3.79. The Morgan fingerprint density at radius 1 is 0.893 bits per heavy atom. The van der Waals surface area contributed by atoms with E-state index in [1.165, 1.54) is 12.1 Å². The maximum Gasteiger partial charge on any atom is 0.450 e. The molecule has 1 rings (SSSR count). The minimum Gasteiger partial charge on any atom is -0.378 e. The van der Waals surface area contributed by atoms with Crippen molar-refractivity contribution >= 4 is 20.2 Å². The molecule has 1 aromatic rings. The van der Waals surface area contributed by atoms with Gasteiger partial charge in [0.15, 0.2) is 0 Å².